The average Bonchev–Trinajstić information content (AvgIpc) is 2.75. The second-order valence-electron chi connectivity index (χ2n) is 5.86. The molecule has 0 aromatic carbocycles. The van der Waals surface area contributed by atoms with Crippen molar-refractivity contribution in [3.05, 3.63) is 23.9 Å². The Kier molecular flexibility index (Phi) is 4.77. The molecule has 2 heterocycles. The highest BCUT2D eigenvalue weighted by Crippen LogP contribution is 2.18. The second kappa shape index (κ2) is 6.35. The Morgan fingerprint density at radius 2 is 2.32 bits per heavy atom. The topological polar surface area (TPSA) is 45.4 Å². The van der Waals surface area contributed by atoms with Crippen molar-refractivity contribution in [2.45, 2.75) is 38.3 Å². The van der Waals surface area contributed by atoms with Gasteiger partial charge in [-0.3, -0.25) is 0 Å². The van der Waals surface area contributed by atoms with E-state index in [1.54, 1.807) is 0 Å². The van der Waals surface area contributed by atoms with Crippen molar-refractivity contribution >= 4 is 5.82 Å². The van der Waals surface area contributed by atoms with Gasteiger partial charge in [0, 0.05) is 31.9 Å². The number of likely N-dealkylation sites (N-methyl/N-ethyl adjacent to an activating group) is 2. The molecule has 0 radical (unpaired) electrons. The van der Waals surface area contributed by atoms with E-state index in [4.69, 9.17) is 5.73 Å². The first-order chi connectivity index (χ1) is 9.06. The molecular formula is C15H26N4. The summed E-state index contributed by atoms with van der Waals surface area (Å²) in [5.74, 6) is 1.05. The minimum Gasteiger partial charge on any atom is -0.358 e. The molecule has 106 valence electrons. The fourth-order valence-electron chi connectivity index (χ4n) is 2.75. The molecule has 4 nitrogen and oxygen atoms in total. The normalized spacial score (nSPS) is 21.6. The van der Waals surface area contributed by atoms with Crippen LogP contribution >= 0.6 is 0 Å². The molecule has 4 heteroatoms. The van der Waals surface area contributed by atoms with Gasteiger partial charge in [0.05, 0.1) is 0 Å². The van der Waals surface area contributed by atoms with E-state index in [9.17, 15) is 0 Å². The van der Waals surface area contributed by atoms with Gasteiger partial charge in [0.2, 0.25) is 0 Å². The van der Waals surface area contributed by atoms with Crippen LogP contribution in [0.5, 0.6) is 0 Å². The van der Waals surface area contributed by atoms with Crippen molar-refractivity contribution in [3.63, 3.8) is 0 Å². The highest BCUT2D eigenvalue weighted by Gasteiger charge is 2.22. The van der Waals surface area contributed by atoms with Crippen molar-refractivity contribution in [3.8, 4) is 0 Å². The molecule has 0 aliphatic carbocycles. The van der Waals surface area contributed by atoms with Crippen LogP contribution in [0.4, 0.5) is 5.82 Å². The highest BCUT2D eigenvalue weighted by molar-refractivity contribution is 5.38. The third kappa shape index (κ3) is 3.91. The number of nitrogens with two attached hydrogens (primary N) is 1. The SMILES string of the molecule is CC(N)Cc1ccc(N(C)CC2CCCN2C)nc1. The minimum atomic E-state index is 0.192. The van der Waals surface area contributed by atoms with Gasteiger partial charge in [0.25, 0.3) is 0 Å². The van der Waals surface area contributed by atoms with Crippen LogP contribution in [-0.4, -0.2) is 49.2 Å². The van der Waals surface area contributed by atoms with E-state index >= 15 is 0 Å². The quantitative estimate of drug-likeness (QED) is 0.873. The van der Waals surface area contributed by atoms with E-state index in [1.807, 2.05) is 13.1 Å². The standard InChI is InChI=1S/C15H26N4/c1-12(16)9-13-6-7-15(17-10-13)19(3)11-14-5-4-8-18(14)2/h6-7,10,12,14H,4-5,8-9,11,16H2,1-3H3. The zero-order valence-corrected chi connectivity index (χ0v) is 12.3. The summed E-state index contributed by atoms with van der Waals surface area (Å²) in [7, 11) is 4.34. The van der Waals surface area contributed by atoms with Crippen LogP contribution < -0.4 is 10.6 Å². The van der Waals surface area contributed by atoms with E-state index in [2.05, 4.69) is 41.0 Å². The van der Waals surface area contributed by atoms with Crippen molar-refractivity contribution in [2.24, 2.45) is 5.73 Å². The summed E-state index contributed by atoms with van der Waals surface area (Å²) >= 11 is 0. The van der Waals surface area contributed by atoms with Gasteiger partial charge in [0.1, 0.15) is 5.82 Å². The van der Waals surface area contributed by atoms with Gasteiger partial charge in [-0.25, -0.2) is 4.98 Å². The first-order valence-electron chi connectivity index (χ1n) is 7.18. The lowest BCUT2D eigenvalue weighted by atomic mass is 10.1. The Hall–Kier alpha value is -1.13. The molecule has 0 amide bonds. The van der Waals surface area contributed by atoms with Crippen LogP contribution in [0.2, 0.25) is 0 Å². The van der Waals surface area contributed by atoms with E-state index in [1.165, 1.54) is 24.9 Å². The second-order valence-corrected chi connectivity index (χ2v) is 5.86. The molecule has 2 N–H and O–H groups in total. The first-order valence-corrected chi connectivity index (χ1v) is 7.18. The highest BCUT2D eigenvalue weighted by atomic mass is 15.2. The Morgan fingerprint density at radius 3 is 2.84 bits per heavy atom. The minimum absolute atomic E-state index is 0.192. The van der Waals surface area contributed by atoms with Gasteiger partial charge >= 0.3 is 0 Å². The number of nitrogens with zero attached hydrogens (tertiary/aromatic N) is 3. The lowest BCUT2D eigenvalue weighted by Crippen LogP contribution is -2.36. The molecular weight excluding hydrogens is 236 g/mol. The number of likely N-dealkylation sites (tertiary alicyclic amines) is 1. The summed E-state index contributed by atoms with van der Waals surface area (Å²) in [4.78, 5) is 9.25. The number of anilines is 1. The number of pyridine rings is 1. The lowest BCUT2D eigenvalue weighted by Gasteiger charge is -2.26. The fourth-order valence-corrected chi connectivity index (χ4v) is 2.75. The van der Waals surface area contributed by atoms with Crippen LogP contribution in [0, 0.1) is 0 Å². The van der Waals surface area contributed by atoms with E-state index < -0.39 is 0 Å². The molecule has 1 aliphatic heterocycles. The van der Waals surface area contributed by atoms with Gasteiger partial charge in [-0.2, -0.15) is 0 Å². The molecule has 0 bridgehead atoms. The zero-order chi connectivity index (χ0) is 13.8. The maximum atomic E-state index is 5.80. The van der Waals surface area contributed by atoms with Crippen molar-refractivity contribution < 1.29 is 0 Å². The van der Waals surface area contributed by atoms with E-state index in [0.29, 0.717) is 6.04 Å². The zero-order valence-electron chi connectivity index (χ0n) is 12.3. The van der Waals surface area contributed by atoms with Gasteiger partial charge in [0.15, 0.2) is 0 Å². The van der Waals surface area contributed by atoms with Crippen LogP contribution in [-0.2, 0) is 6.42 Å². The summed E-state index contributed by atoms with van der Waals surface area (Å²) in [6, 6.07) is 5.10. The molecule has 1 fully saturated rings. The summed E-state index contributed by atoms with van der Waals surface area (Å²) in [6.45, 7) is 4.30. The van der Waals surface area contributed by atoms with Gasteiger partial charge < -0.3 is 15.5 Å². The summed E-state index contributed by atoms with van der Waals surface area (Å²) in [6.07, 6.45) is 5.45. The molecule has 2 atom stereocenters. The van der Waals surface area contributed by atoms with Crippen molar-refractivity contribution in [2.75, 3.05) is 32.1 Å². The third-order valence-corrected chi connectivity index (χ3v) is 3.91. The summed E-state index contributed by atoms with van der Waals surface area (Å²) in [5.41, 5.74) is 7.02. The fraction of sp³-hybridized carbons (Fsp3) is 0.667. The van der Waals surface area contributed by atoms with Gasteiger partial charge in [-0.15, -0.1) is 0 Å². The van der Waals surface area contributed by atoms with Crippen LogP contribution in [0.15, 0.2) is 18.3 Å². The molecule has 1 saturated heterocycles. The number of hydrogen-bond donors (Lipinski definition) is 1. The lowest BCUT2D eigenvalue weighted by molar-refractivity contribution is 0.314. The molecule has 1 aliphatic rings. The molecule has 1 aromatic rings. The predicted octanol–water partition coefficient (Wildman–Crippen LogP) is 1.50. The third-order valence-electron chi connectivity index (χ3n) is 3.91. The Morgan fingerprint density at radius 1 is 1.53 bits per heavy atom. The molecule has 2 rings (SSSR count). The smallest absolute Gasteiger partial charge is 0.128 e. The Balaban J connectivity index is 1.93. The largest absolute Gasteiger partial charge is 0.358 e. The predicted molar refractivity (Wildman–Crippen MR) is 80.5 cm³/mol. The van der Waals surface area contributed by atoms with Crippen LogP contribution in [0.3, 0.4) is 0 Å². The van der Waals surface area contributed by atoms with Crippen molar-refractivity contribution in [1.29, 1.82) is 0 Å². The summed E-state index contributed by atoms with van der Waals surface area (Å²) in [5, 5.41) is 0. The molecule has 19 heavy (non-hydrogen) atoms. The molecule has 1 aromatic heterocycles. The molecule has 0 saturated carbocycles. The van der Waals surface area contributed by atoms with Gasteiger partial charge in [-0.05, 0) is 51.4 Å². The Labute approximate surface area is 116 Å². The van der Waals surface area contributed by atoms with Crippen molar-refractivity contribution in [1.82, 2.24) is 9.88 Å². The maximum absolute atomic E-state index is 5.80. The molecule has 2 unspecified atom stereocenters. The van der Waals surface area contributed by atoms with E-state index in [0.717, 1.165) is 18.8 Å². The number of rotatable bonds is 5. The van der Waals surface area contributed by atoms with Crippen LogP contribution in [0.25, 0.3) is 0 Å². The molecule has 0 spiro atoms. The monoisotopic (exact) mass is 262 g/mol. The Bertz CT molecular complexity index is 388. The van der Waals surface area contributed by atoms with Crippen LogP contribution in [0.1, 0.15) is 25.3 Å². The summed E-state index contributed by atoms with van der Waals surface area (Å²) < 4.78 is 0. The first kappa shape index (κ1) is 14.3. The van der Waals surface area contributed by atoms with Gasteiger partial charge in [-0.1, -0.05) is 6.07 Å². The average molecular weight is 262 g/mol. The number of hydrogen-bond acceptors (Lipinski definition) is 4. The maximum Gasteiger partial charge on any atom is 0.128 e. The number of aromatic nitrogens is 1. The van der Waals surface area contributed by atoms with E-state index in [-0.39, 0.29) is 6.04 Å².